The van der Waals surface area contributed by atoms with Gasteiger partial charge < -0.3 is 4.74 Å². The molecule has 0 atom stereocenters. The van der Waals surface area contributed by atoms with Crippen molar-refractivity contribution in [3.8, 4) is 17.1 Å². The highest BCUT2D eigenvalue weighted by molar-refractivity contribution is 14.1. The van der Waals surface area contributed by atoms with E-state index in [2.05, 4.69) is 79.6 Å². The number of hydrogen-bond donors (Lipinski definition) is 1. The highest BCUT2D eigenvalue weighted by atomic mass is 127. The van der Waals surface area contributed by atoms with Crippen LogP contribution in [0.1, 0.15) is 5.56 Å². The van der Waals surface area contributed by atoms with Crippen molar-refractivity contribution >= 4 is 33.4 Å². The normalized spacial score (nSPS) is 10.9. The maximum absolute atomic E-state index is 6.03. The van der Waals surface area contributed by atoms with E-state index in [0.717, 1.165) is 14.9 Å². The Kier molecular flexibility index (Phi) is 4.12. The fourth-order valence-corrected chi connectivity index (χ4v) is 3.29. The zero-order valence-corrected chi connectivity index (χ0v) is 14.8. The van der Waals surface area contributed by atoms with Crippen LogP contribution in [0.4, 0.5) is 0 Å². The Bertz CT molecular complexity index is 980. The number of aromatic amines is 1. The van der Waals surface area contributed by atoms with Crippen LogP contribution in [0.5, 0.6) is 5.75 Å². The predicted octanol–water partition coefficient (Wildman–Crippen LogP) is 4.20. The van der Waals surface area contributed by atoms with Gasteiger partial charge in [-0.15, -0.1) is 10.2 Å². The zero-order valence-electron chi connectivity index (χ0n) is 12.6. The first-order chi connectivity index (χ1) is 11.8. The van der Waals surface area contributed by atoms with Gasteiger partial charge in [-0.2, -0.15) is 5.21 Å². The van der Waals surface area contributed by atoms with Crippen molar-refractivity contribution in [3.05, 3.63) is 69.8 Å². The molecule has 5 nitrogen and oxygen atoms in total. The average molecular weight is 428 g/mol. The molecular formula is C18H13IN4O. The SMILES string of the molecule is Ic1cc(-c2nn[nH]n2)ccc1OCc1cccc2ccccc12. The molecule has 118 valence electrons. The van der Waals surface area contributed by atoms with E-state index in [1.165, 1.54) is 16.3 Å². The van der Waals surface area contributed by atoms with Crippen LogP contribution in [0.2, 0.25) is 0 Å². The van der Waals surface area contributed by atoms with Gasteiger partial charge in [-0.1, -0.05) is 42.5 Å². The third-order valence-corrected chi connectivity index (χ3v) is 4.64. The monoisotopic (exact) mass is 428 g/mol. The van der Waals surface area contributed by atoms with Crippen molar-refractivity contribution in [1.82, 2.24) is 20.6 Å². The number of nitrogens with zero attached hydrogens (tertiary/aromatic N) is 3. The van der Waals surface area contributed by atoms with Crippen molar-refractivity contribution in [2.75, 3.05) is 0 Å². The Hall–Kier alpha value is -2.48. The van der Waals surface area contributed by atoms with Gasteiger partial charge >= 0.3 is 0 Å². The van der Waals surface area contributed by atoms with Crippen LogP contribution >= 0.6 is 22.6 Å². The molecule has 0 saturated heterocycles. The summed E-state index contributed by atoms with van der Waals surface area (Å²) in [6.07, 6.45) is 0. The van der Waals surface area contributed by atoms with E-state index >= 15 is 0 Å². The fourth-order valence-electron chi connectivity index (χ4n) is 2.61. The second-order valence-corrected chi connectivity index (χ2v) is 6.47. The third-order valence-electron chi connectivity index (χ3n) is 3.80. The number of aromatic nitrogens is 4. The lowest BCUT2D eigenvalue weighted by Gasteiger charge is -2.11. The molecule has 1 N–H and O–H groups in total. The molecule has 0 spiro atoms. The Labute approximate surface area is 152 Å². The molecule has 4 rings (SSSR count). The molecule has 0 unspecified atom stereocenters. The highest BCUT2D eigenvalue weighted by Crippen LogP contribution is 2.27. The second kappa shape index (κ2) is 6.56. The molecule has 0 saturated carbocycles. The summed E-state index contributed by atoms with van der Waals surface area (Å²) < 4.78 is 7.04. The molecule has 0 bridgehead atoms. The molecule has 0 aliphatic rings. The second-order valence-electron chi connectivity index (χ2n) is 5.31. The van der Waals surface area contributed by atoms with Gasteiger partial charge in [0.05, 0.1) is 3.57 Å². The molecule has 3 aromatic carbocycles. The predicted molar refractivity (Wildman–Crippen MR) is 101 cm³/mol. The van der Waals surface area contributed by atoms with Crippen LogP contribution in [-0.4, -0.2) is 20.6 Å². The number of H-pyrrole nitrogens is 1. The summed E-state index contributed by atoms with van der Waals surface area (Å²) in [5.74, 6) is 1.42. The van der Waals surface area contributed by atoms with Crippen LogP contribution in [0.15, 0.2) is 60.7 Å². The Morgan fingerprint density at radius 3 is 2.71 bits per heavy atom. The van der Waals surface area contributed by atoms with E-state index in [1.807, 2.05) is 24.3 Å². The fraction of sp³-hybridized carbons (Fsp3) is 0.0556. The first kappa shape index (κ1) is 15.1. The van der Waals surface area contributed by atoms with Gasteiger partial charge in [0.1, 0.15) is 12.4 Å². The lowest BCUT2D eigenvalue weighted by Crippen LogP contribution is -1.98. The maximum Gasteiger partial charge on any atom is 0.204 e. The Balaban J connectivity index is 1.57. The first-order valence-corrected chi connectivity index (χ1v) is 8.52. The van der Waals surface area contributed by atoms with Crippen LogP contribution < -0.4 is 4.74 Å². The number of benzene rings is 3. The molecule has 1 aromatic heterocycles. The maximum atomic E-state index is 6.03. The number of halogens is 1. The minimum absolute atomic E-state index is 0.527. The molecule has 0 radical (unpaired) electrons. The van der Waals surface area contributed by atoms with E-state index in [4.69, 9.17) is 4.74 Å². The first-order valence-electron chi connectivity index (χ1n) is 7.44. The van der Waals surface area contributed by atoms with E-state index < -0.39 is 0 Å². The van der Waals surface area contributed by atoms with Crippen LogP contribution in [0.3, 0.4) is 0 Å². The standard InChI is InChI=1S/C18H13IN4O/c19-16-10-13(18-20-22-23-21-18)8-9-17(16)24-11-14-6-3-5-12-4-1-2-7-15(12)14/h1-10H,11H2,(H,20,21,22,23). The minimum atomic E-state index is 0.527. The molecule has 6 heteroatoms. The lowest BCUT2D eigenvalue weighted by molar-refractivity contribution is 0.305. The number of rotatable bonds is 4. The van der Waals surface area contributed by atoms with Crippen LogP contribution in [0, 0.1) is 3.57 Å². The van der Waals surface area contributed by atoms with Gasteiger partial charge in [-0.05, 0) is 62.3 Å². The van der Waals surface area contributed by atoms with Gasteiger partial charge in [0.25, 0.3) is 0 Å². The quantitative estimate of drug-likeness (QED) is 0.495. The van der Waals surface area contributed by atoms with Crippen molar-refractivity contribution < 1.29 is 4.74 Å². The van der Waals surface area contributed by atoms with Gasteiger partial charge in [-0.25, -0.2) is 0 Å². The summed E-state index contributed by atoms with van der Waals surface area (Å²) in [5, 5.41) is 16.5. The van der Waals surface area contributed by atoms with Crippen molar-refractivity contribution in [2.45, 2.75) is 6.61 Å². The lowest BCUT2D eigenvalue weighted by atomic mass is 10.1. The minimum Gasteiger partial charge on any atom is -0.488 e. The smallest absolute Gasteiger partial charge is 0.204 e. The largest absolute Gasteiger partial charge is 0.488 e. The Morgan fingerprint density at radius 2 is 1.88 bits per heavy atom. The summed E-state index contributed by atoms with van der Waals surface area (Å²) in [5.41, 5.74) is 2.08. The van der Waals surface area contributed by atoms with E-state index in [0.29, 0.717) is 12.4 Å². The summed E-state index contributed by atoms with van der Waals surface area (Å²) >= 11 is 2.26. The third kappa shape index (κ3) is 2.96. The van der Waals surface area contributed by atoms with E-state index in [-0.39, 0.29) is 0 Å². The van der Waals surface area contributed by atoms with E-state index in [1.54, 1.807) is 0 Å². The number of fused-ring (bicyclic) bond motifs is 1. The molecule has 0 amide bonds. The molecule has 4 aromatic rings. The number of tetrazole rings is 1. The summed E-state index contributed by atoms with van der Waals surface area (Å²) in [6.45, 7) is 0.527. The zero-order chi connectivity index (χ0) is 16.4. The van der Waals surface area contributed by atoms with Crippen molar-refractivity contribution in [1.29, 1.82) is 0 Å². The topological polar surface area (TPSA) is 63.7 Å². The highest BCUT2D eigenvalue weighted by Gasteiger charge is 2.08. The van der Waals surface area contributed by atoms with Gasteiger partial charge in [0.2, 0.25) is 5.82 Å². The van der Waals surface area contributed by atoms with Crippen LogP contribution in [-0.2, 0) is 6.61 Å². The summed E-state index contributed by atoms with van der Waals surface area (Å²) in [4.78, 5) is 0. The van der Waals surface area contributed by atoms with Gasteiger partial charge in [0.15, 0.2) is 0 Å². The Morgan fingerprint density at radius 1 is 1.00 bits per heavy atom. The number of nitrogens with one attached hydrogen (secondary N) is 1. The molecular weight excluding hydrogens is 415 g/mol. The molecule has 24 heavy (non-hydrogen) atoms. The average Bonchev–Trinajstić information content (AvgIpc) is 3.15. The van der Waals surface area contributed by atoms with Gasteiger partial charge in [-0.3, -0.25) is 0 Å². The molecule has 0 aliphatic carbocycles. The van der Waals surface area contributed by atoms with Crippen LogP contribution in [0.25, 0.3) is 22.2 Å². The number of hydrogen-bond acceptors (Lipinski definition) is 4. The van der Waals surface area contributed by atoms with Gasteiger partial charge in [0, 0.05) is 5.56 Å². The number of ether oxygens (including phenoxy) is 1. The summed E-state index contributed by atoms with van der Waals surface area (Å²) in [7, 11) is 0. The van der Waals surface area contributed by atoms with E-state index in [9.17, 15) is 0 Å². The summed E-state index contributed by atoms with van der Waals surface area (Å²) in [6, 6.07) is 20.5. The molecule has 1 heterocycles. The molecule has 0 fully saturated rings. The van der Waals surface area contributed by atoms with Crippen molar-refractivity contribution in [3.63, 3.8) is 0 Å². The molecule has 0 aliphatic heterocycles. The van der Waals surface area contributed by atoms with Crippen molar-refractivity contribution in [2.24, 2.45) is 0 Å².